The first-order valence-corrected chi connectivity index (χ1v) is 8.31. The van der Waals surface area contributed by atoms with Crippen molar-refractivity contribution < 1.29 is 23.9 Å². The summed E-state index contributed by atoms with van der Waals surface area (Å²) >= 11 is 0. The summed E-state index contributed by atoms with van der Waals surface area (Å²) in [6.45, 7) is 19.3. The summed E-state index contributed by atoms with van der Waals surface area (Å²) in [6, 6.07) is 0.209. The zero-order chi connectivity index (χ0) is 22.5. The van der Waals surface area contributed by atoms with Crippen LogP contribution in [0.4, 0.5) is 0 Å². The number of hydrogen-bond acceptors (Lipinski definition) is 6. The highest BCUT2D eigenvalue weighted by atomic mass is 16.5. The molecule has 0 heterocycles. The molecule has 0 saturated heterocycles. The van der Waals surface area contributed by atoms with Crippen LogP contribution in [0.2, 0.25) is 0 Å². The minimum atomic E-state index is -0.375. The molecule has 0 spiro atoms. The largest absolute Gasteiger partial charge is 0.461 e. The predicted molar refractivity (Wildman–Crippen MR) is 110 cm³/mol. The van der Waals surface area contributed by atoms with E-state index in [1.54, 1.807) is 6.92 Å². The van der Waals surface area contributed by atoms with Gasteiger partial charge < -0.3 is 26.4 Å². The third kappa shape index (κ3) is 25.0. The van der Waals surface area contributed by atoms with Gasteiger partial charge in [0.2, 0.25) is 17.7 Å². The second kappa shape index (κ2) is 20.1. The van der Waals surface area contributed by atoms with E-state index in [-0.39, 0.29) is 43.0 Å². The minimum Gasteiger partial charge on any atom is -0.461 e. The molecule has 0 bridgehead atoms. The van der Waals surface area contributed by atoms with Crippen LogP contribution < -0.4 is 21.7 Å². The average Bonchev–Trinajstić information content (AvgIpc) is 2.65. The van der Waals surface area contributed by atoms with Crippen molar-refractivity contribution in [3.05, 3.63) is 50.1 Å². The van der Waals surface area contributed by atoms with Crippen LogP contribution in [0, 0.1) is 0 Å². The number of nitrogens with one attached hydrogen (secondary N) is 3. The molecule has 0 rings (SSSR count). The van der Waals surface area contributed by atoms with Crippen molar-refractivity contribution in [3.63, 3.8) is 0 Å². The highest BCUT2D eigenvalue weighted by molar-refractivity contribution is 5.89. The molecule has 0 aliphatic heterocycles. The summed E-state index contributed by atoms with van der Waals surface area (Å²) in [7, 11) is 0. The Morgan fingerprint density at radius 1 is 0.964 bits per heavy atom. The van der Waals surface area contributed by atoms with Crippen molar-refractivity contribution in [2.75, 3.05) is 19.8 Å². The van der Waals surface area contributed by atoms with Gasteiger partial charge in [0.05, 0.1) is 6.67 Å². The number of ether oxygens (including phenoxy) is 1. The Morgan fingerprint density at radius 3 is 1.64 bits per heavy atom. The van der Waals surface area contributed by atoms with E-state index in [2.05, 4.69) is 47.0 Å². The van der Waals surface area contributed by atoms with Crippen LogP contribution in [0.1, 0.15) is 20.8 Å². The third-order valence-corrected chi connectivity index (χ3v) is 2.21. The van der Waals surface area contributed by atoms with Gasteiger partial charge in [-0.2, -0.15) is 0 Å². The molecule has 3 amide bonds. The maximum absolute atomic E-state index is 10.5. The lowest BCUT2D eigenvalue weighted by Gasteiger charge is -2.02. The SMILES string of the molecule is C=C(C)C(=O)OCCN.C=CC(=O)NC(C)C.C=CC(=O)NCNC(=O)C=C. The monoisotopic (exact) mass is 396 g/mol. The van der Waals surface area contributed by atoms with Gasteiger partial charge in [0.25, 0.3) is 0 Å². The lowest BCUT2D eigenvalue weighted by molar-refractivity contribution is -0.138. The van der Waals surface area contributed by atoms with Crippen LogP contribution in [-0.2, 0) is 23.9 Å². The molecule has 0 radical (unpaired) electrons. The van der Waals surface area contributed by atoms with E-state index in [0.29, 0.717) is 12.1 Å². The summed E-state index contributed by atoms with van der Waals surface area (Å²) in [4.78, 5) is 41.9. The Labute approximate surface area is 166 Å². The van der Waals surface area contributed by atoms with E-state index in [9.17, 15) is 19.2 Å². The van der Waals surface area contributed by atoms with Crippen LogP contribution in [0.3, 0.4) is 0 Å². The van der Waals surface area contributed by atoms with Gasteiger partial charge in [-0.05, 0) is 39.0 Å². The number of carbonyl (C=O) groups excluding carboxylic acids is 4. The molecule has 9 nitrogen and oxygen atoms in total. The topological polar surface area (TPSA) is 140 Å². The molecule has 0 aromatic rings. The lowest BCUT2D eigenvalue weighted by Crippen LogP contribution is -2.35. The van der Waals surface area contributed by atoms with Crippen LogP contribution in [0.5, 0.6) is 0 Å². The maximum Gasteiger partial charge on any atom is 0.333 e. The molecule has 0 aliphatic carbocycles. The second-order valence-corrected chi connectivity index (χ2v) is 5.24. The van der Waals surface area contributed by atoms with Crippen LogP contribution >= 0.6 is 0 Å². The highest BCUT2D eigenvalue weighted by Gasteiger charge is 1.99. The summed E-state index contributed by atoms with van der Waals surface area (Å²) in [5.74, 6) is -1.14. The van der Waals surface area contributed by atoms with Crippen molar-refractivity contribution in [2.24, 2.45) is 5.73 Å². The Balaban J connectivity index is -0.000000340. The van der Waals surface area contributed by atoms with E-state index >= 15 is 0 Å². The summed E-state index contributed by atoms with van der Waals surface area (Å²) in [6.07, 6.45) is 3.51. The molecule has 0 unspecified atom stereocenters. The Morgan fingerprint density at radius 2 is 1.39 bits per heavy atom. The van der Waals surface area contributed by atoms with Gasteiger partial charge in [0.1, 0.15) is 6.61 Å². The van der Waals surface area contributed by atoms with Gasteiger partial charge >= 0.3 is 5.97 Å². The van der Waals surface area contributed by atoms with Crippen molar-refractivity contribution in [3.8, 4) is 0 Å². The number of rotatable bonds is 9. The number of esters is 1. The number of nitrogens with two attached hydrogens (primary N) is 1. The summed E-state index contributed by atoms with van der Waals surface area (Å²) in [5.41, 5.74) is 5.48. The second-order valence-electron chi connectivity index (χ2n) is 5.24. The van der Waals surface area contributed by atoms with E-state index in [0.717, 1.165) is 12.2 Å². The molecular formula is C19H32N4O5. The van der Waals surface area contributed by atoms with Crippen molar-refractivity contribution in [1.29, 1.82) is 0 Å². The Bertz CT molecular complexity index is 537. The fourth-order valence-corrected chi connectivity index (χ4v) is 0.981. The van der Waals surface area contributed by atoms with E-state index in [1.165, 1.54) is 6.08 Å². The highest BCUT2D eigenvalue weighted by Crippen LogP contribution is 1.89. The van der Waals surface area contributed by atoms with Crippen molar-refractivity contribution >= 4 is 23.7 Å². The van der Waals surface area contributed by atoms with Crippen LogP contribution in [0.25, 0.3) is 0 Å². The van der Waals surface area contributed by atoms with Gasteiger partial charge in [0.15, 0.2) is 0 Å². The lowest BCUT2D eigenvalue weighted by atomic mass is 10.4. The standard InChI is InChI=1S/C7H10N2O2.C6H11NO2.C6H11NO/c1-3-6(10)8-5-9-7(11)4-2;1-5(2)6(8)9-4-3-7;1-4-6(8)7-5(2)3/h3-4H,1-2,5H2,(H,8,10)(H,9,11);1,3-4,7H2,2H3;4-5H,1H2,2-3H3,(H,7,8). The van der Waals surface area contributed by atoms with Gasteiger partial charge in [-0.3, -0.25) is 14.4 Å². The van der Waals surface area contributed by atoms with Gasteiger partial charge in [-0.25, -0.2) is 4.79 Å². The van der Waals surface area contributed by atoms with Gasteiger partial charge in [-0.15, -0.1) is 0 Å². The van der Waals surface area contributed by atoms with E-state index < -0.39 is 0 Å². The molecule has 0 fully saturated rings. The predicted octanol–water partition coefficient (Wildman–Crippen LogP) is 0.310. The molecular weight excluding hydrogens is 364 g/mol. The Hall–Kier alpha value is -3.20. The normalized spacial score (nSPS) is 8.46. The van der Waals surface area contributed by atoms with Crippen molar-refractivity contribution in [2.45, 2.75) is 26.8 Å². The average molecular weight is 396 g/mol. The number of carbonyl (C=O) groups is 4. The Kier molecular flexibility index (Phi) is 21.2. The van der Waals surface area contributed by atoms with Crippen molar-refractivity contribution in [1.82, 2.24) is 16.0 Å². The first-order chi connectivity index (χ1) is 13.0. The number of hydrogen-bond donors (Lipinski definition) is 4. The van der Waals surface area contributed by atoms with Gasteiger partial charge in [0, 0.05) is 18.2 Å². The minimum absolute atomic E-state index is 0.0930. The molecule has 0 atom stereocenters. The fourth-order valence-electron chi connectivity index (χ4n) is 0.981. The fraction of sp³-hybridized carbons (Fsp3) is 0.368. The summed E-state index contributed by atoms with van der Waals surface area (Å²) < 4.78 is 4.59. The van der Waals surface area contributed by atoms with Gasteiger partial charge in [-0.1, -0.05) is 26.3 Å². The molecule has 28 heavy (non-hydrogen) atoms. The quantitative estimate of drug-likeness (QED) is 0.251. The third-order valence-electron chi connectivity index (χ3n) is 2.21. The first-order valence-electron chi connectivity index (χ1n) is 8.31. The van der Waals surface area contributed by atoms with E-state index in [4.69, 9.17) is 5.73 Å². The maximum atomic E-state index is 10.5. The first kappa shape index (κ1) is 29.6. The molecule has 0 saturated carbocycles. The molecule has 0 aliphatic rings. The molecule has 0 aromatic heterocycles. The molecule has 9 heteroatoms. The summed E-state index contributed by atoms with van der Waals surface area (Å²) in [5, 5.41) is 7.36. The van der Waals surface area contributed by atoms with Crippen LogP contribution in [0.15, 0.2) is 50.1 Å². The number of amides is 3. The molecule has 5 N–H and O–H groups in total. The molecule has 158 valence electrons. The van der Waals surface area contributed by atoms with E-state index in [1.807, 2.05) is 13.8 Å². The molecule has 0 aromatic carbocycles. The zero-order valence-electron chi connectivity index (χ0n) is 16.9. The smallest absolute Gasteiger partial charge is 0.333 e. The van der Waals surface area contributed by atoms with Crippen LogP contribution in [-0.4, -0.2) is 49.6 Å². The zero-order valence-corrected chi connectivity index (χ0v) is 16.9.